The maximum Gasteiger partial charge on any atom is 0.178 e. The molecule has 19 heavy (non-hydrogen) atoms. The molecule has 2 N–H and O–H groups in total. The van der Waals surface area contributed by atoms with Crippen molar-refractivity contribution in [3.63, 3.8) is 0 Å². The Balaban J connectivity index is 0. The highest BCUT2D eigenvalue weighted by Gasteiger charge is 1.97. The lowest BCUT2D eigenvalue weighted by atomic mass is 10.2. The van der Waals surface area contributed by atoms with E-state index in [1.165, 1.54) is 48.6 Å². The predicted octanol–water partition coefficient (Wildman–Crippen LogP) is 3.74. The van der Waals surface area contributed by atoms with Crippen LogP contribution < -0.4 is 0 Å². The second-order valence-electron chi connectivity index (χ2n) is 2.99. The van der Waals surface area contributed by atoms with E-state index in [2.05, 4.69) is 37.2 Å². The number of phenolic OH excluding ortho intramolecular Hbond substituents is 2. The zero-order valence-electron chi connectivity index (χ0n) is 9.49. The van der Waals surface area contributed by atoms with E-state index in [1.54, 1.807) is 0 Å². The van der Waals surface area contributed by atoms with Gasteiger partial charge < -0.3 is 10.2 Å². The molecule has 0 unspecified atom stereocenters. The van der Waals surface area contributed by atoms with Crippen LogP contribution in [0.5, 0.6) is 11.5 Å². The minimum Gasteiger partial charge on any atom is -0.508 e. The monoisotopic (exact) mass is 600 g/mol. The molecule has 2 rings (SSSR count). The highest BCUT2D eigenvalue weighted by molar-refractivity contribution is 15.0. The average molecular weight is 600 g/mol. The van der Waals surface area contributed by atoms with Crippen molar-refractivity contribution in [2.45, 2.75) is 0 Å². The molecular formula is C12H11I3O4. The van der Waals surface area contributed by atoms with Crippen molar-refractivity contribution >= 4 is 72.8 Å². The lowest BCUT2D eigenvalue weighted by Gasteiger charge is -1.88. The molecule has 1 aliphatic rings. The number of benzene rings is 1. The van der Waals surface area contributed by atoms with Crippen LogP contribution in [-0.2, 0) is 9.59 Å². The van der Waals surface area contributed by atoms with Crippen LogP contribution >= 0.6 is 61.2 Å². The summed E-state index contributed by atoms with van der Waals surface area (Å²) in [5.74, 6) is 0.0970. The summed E-state index contributed by atoms with van der Waals surface area (Å²) in [5.41, 5.74) is 0. The summed E-state index contributed by atoms with van der Waals surface area (Å²) in [6.45, 7) is 0. The topological polar surface area (TPSA) is 74.6 Å². The summed E-state index contributed by atoms with van der Waals surface area (Å²) in [6.07, 6.45) is 5.01. The number of carbonyl (C=O) groups is 2. The number of hydrogen-bond donors (Lipinski definition) is 2. The number of aromatic hydroxyl groups is 2. The number of rotatable bonds is 0. The summed E-state index contributed by atoms with van der Waals surface area (Å²) in [6, 6.07) is 5.70. The second kappa shape index (κ2) is 12.8. The number of halogens is 3. The Morgan fingerprint density at radius 2 is 0.895 bits per heavy atom. The van der Waals surface area contributed by atoms with Gasteiger partial charge in [-0.2, -0.15) is 0 Å². The van der Waals surface area contributed by atoms with Crippen LogP contribution in [0.2, 0.25) is 0 Å². The van der Waals surface area contributed by atoms with Gasteiger partial charge in [-0.15, -0.1) is 24.0 Å². The van der Waals surface area contributed by atoms with Crippen LogP contribution in [0.1, 0.15) is 0 Å². The second-order valence-corrected chi connectivity index (χ2v) is 2.99. The van der Waals surface area contributed by atoms with Gasteiger partial charge in [0.05, 0.1) is 0 Å². The fourth-order valence-electron chi connectivity index (χ4n) is 0.892. The Morgan fingerprint density at radius 3 is 1.11 bits per heavy atom. The largest absolute Gasteiger partial charge is 0.508 e. The summed E-state index contributed by atoms with van der Waals surface area (Å²) in [4.78, 5) is 20.6. The van der Waals surface area contributed by atoms with Crippen LogP contribution in [0.4, 0.5) is 0 Å². The quantitative estimate of drug-likeness (QED) is 0.271. The van der Waals surface area contributed by atoms with Crippen LogP contribution in [0, 0.1) is 0 Å². The van der Waals surface area contributed by atoms with Crippen LogP contribution in [-0.4, -0.2) is 21.8 Å². The van der Waals surface area contributed by atoms with Gasteiger partial charge in [-0.1, -0.05) is 0 Å². The molecule has 0 aliphatic heterocycles. The number of allylic oxidation sites excluding steroid dienone is 4. The number of hydrogen-bond acceptors (Lipinski definition) is 4. The Labute approximate surface area is 151 Å². The summed E-state index contributed by atoms with van der Waals surface area (Å²) in [5, 5.41) is 17.3. The molecule has 0 bridgehead atoms. The molecule has 0 heterocycles. The molecule has 1 aromatic carbocycles. The molecule has 0 atom stereocenters. The Bertz CT molecular complexity index is 394. The van der Waals surface area contributed by atoms with Crippen LogP contribution in [0.25, 0.3) is 0 Å². The van der Waals surface area contributed by atoms with Crippen molar-refractivity contribution in [3.8, 4) is 11.5 Å². The fourth-order valence-corrected chi connectivity index (χ4v) is 0.892. The number of phenols is 2. The van der Waals surface area contributed by atoms with Crippen molar-refractivity contribution in [1.29, 1.82) is 0 Å². The van der Waals surface area contributed by atoms with Gasteiger partial charge in [-0.25, -0.2) is 0 Å². The minimum absolute atomic E-state index is 0. The van der Waals surface area contributed by atoms with Gasteiger partial charge in [-0.3, -0.25) is 9.59 Å². The van der Waals surface area contributed by atoms with Crippen molar-refractivity contribution in [2.75, 3.05) is 0 Å². The van der Waals surface area contributed by atoms with E-state index in [-0.39, 0.29) is 47.0 Å². The first-order valence-corrected chi connectivity index (χ1v) is 10.9. The molecule has 0 aromatic heterocycles. The van der Waals surface area contributed by atoms with Gasteiger partial charge >= 0.3 is 0 Å². The van der Waals surface area contributed by atoms with Crippen LogP contribution in [0.15, 0.2) is 48.6 Å². The zero-order chi connectivity index (χ0) is 14.0. The molecule has 1 aliphatic carbocycles. The highest BCUT2D eigenvalue weighted by atomic mass is 128. The Morgan fingerprint density at radius 1 is 0.684 bits per heavy atom. The van der Waals surface area contributed by atoms with E-state index >= 15 is 0 Å². The molecule has 0 spiro atoms. The molecule has 0 saturated carbocycles. The zero-order valence-corrected chi connectivity index (χ0v) is 16.1. The fraction of sp³-hybridized carbons (Fsp3) is 0. The number of ketones is 2. The van der Waals surface area contributed by atoms with Gasteiger partial charge in [0.1, 0.15) is 11.5 Å². The molecule has 0 radical (unpaired) electrons. The Hall–Kier alpha value is -0.170. The lowest BCUT2D eigenvalue weighted by Crippen LogP contribution is -1.97. The molecule has 4 nitrogen and oxygen atoms in total. The third-order valence-electron chi connectivity index (χ3n) is 1.67. The highest BCUT2D eigenvalue weighted by Crippen LogP contribution is 2.13. The molecule has 1 aromatic rings. The standard InChI is InChI=1S/C6H6O2.C6H4O2.I2.HI/c2*7-5-1-2-6(8)4-3-5;1-2;/h1-4,7-8H;1-4H;;1H. The van der Waals surface area contributed by atoms with Gasteiger partial charge in [0.15, 0.2) is 11.6 Å². The normalized spacial score (nSPS) is 11.5. The van der Waals surface area contributed by atoms with Gasteiger partial charge in [0, 0.05) is 37.2 Å². The molecule has 7 heteroatoms. The first-order valence-electron chi connectivity index (χ1n) is 4.64. The maximum atomic E-state index is 10.3. The van der Waals surface area contributed by atoms with Crippen molar-refractivity contribution in [2.24, 2.45) is 0 Å². The Kier molecular flexibility index (Phi) is 14.3. The van der Waals surface area contributed by atoms with E-state index in [0.29, 0.717) is 0 Å². The van der Waals surface area contributed by atoms with E-state index in [0.717, 1.165) is 0 Å². The predicted molar refractivity (Wildman–Crippen MR) is 102 cm³/mol. The lowest BCUT2D eigenvalue weighted by molar-refractivity contribution is -0.113. The third kappa shape index (κ3) is 11.4. The van der Waals surface area contributed by atoms with Gasteiger partial charge in [0.25, 0.3) is 0 Å². The van der Waals surface area contributed by atoms with Crippen molar-refractivity contribution in [3.05, 3.63) is 48.6 Å². The van der Waals surface area contributed by atoms with Gasteiger partial charge in [0.2, 0.25) is 0 Å². The van der Waals surface area contributed by atoms with E-state index in [9.17, 15) is 9.59 Å². The van der Waals surface area contributed by atoms with E-state index < -0.39 is 0 Å². The SMILES string of the molecule is I.II.O=C1C=CC(=O)C=C1.Oc1ccc(O)cc1. The van der Waals surface area contributed by atoms with Crippen molar-refractivity contribution in [1.82, 2.24) is 0 Å². The summed E-state index contributed by atoms with van der Waals surface area (Å²) < 4.78 is 0. The average Bonchev–Trinajstić information content (AvgIpc) is 2.40. The summed E-state index contributed by atoms with van der Waals surface area (Å²) in [7, 11) is 0. The minimum atomic E-state index is -0.121. The molecule has 104 valence electrons. The van der Waals surface area contributed by atoms with E-state index in [4.69, 9.17) is 10.2 Å². The summed E-state index contributed by atoms with van der Waals surface area (Å²) >= 11 is 4.24. The first-order chi connectivity index (χ1) is 8.58. The van der Waals surface area contributed by atoms with Crippen LogP contribution in [0.3, 0.4) is 0 Å². The smallest absolute Gasteiger partial charge is 0.178 e. The first kappa shape index (κ1) is 21.1. The molecule has 0 fully saturated rings. The van der Waals surface area contributed by atoms with Gasteiger partial charge in [-0.05, 0) is 48.6 Å². The third-order valence-corrected chi connectivity index (χ3v) is 1.67. The van der Waals surface area contributed by atoms with E-state index in [1.807, 2.05) is 0 Å². The molecular weight excluding hydrogens is 589 g/mol. The molecule has 0 amide bonds. The molecule has 0 saturated heterocycles. The number of carbonyl (C=O) groups excluding carboxylic acids is 2. The maximum absolute atomic E-state index is 10.3. The van der Waals surface area contributed by atoms with Crippen molar-refractivity contribution < 1.29 is 19.8 Å².